The average molecular weight is 331 g/mol. The monoisotopic (exact) mass is 331 g/mol. The second kappa shape index (κ2) is 7.01. The number of carbonyl (C=O) groups is 1. The molecule has 0 aromatic heterocycles. The number of hydrogen-bond donors (Lipinski definition) is 1. The van der Waals surface area contributed by atoms with Crippen LogP contribution in [0.1, 0.15) is 40.5 Å². The lowest BCUT2D eigenvalue weighted by Crippen LogP contribution is -2.62. The first kappa shape index (κ1) is 18.6. The molecule has 0 saturated carbocycles. The highest BCUT2D eigenvalue weighted by Crippen LogP contribution is 2.37. The van der Waals surface area contributed by atoms with E-state index < -0.39 is 11.3 Å². The summed E-state index contributed by atoms with van der Waals surface area (Å²) in [5, 5.41) is 3.04. The van der Waals surface area contributed by atoms with Gasteiger partial charge in [-0.25, -0.2) is 8.78 Å². The fourth-order valence-corrected chi connectivity index (χ4v) is 3.56. The molecule has 0 spiro atoms. The van der Waals surface area contributed by atoms with Crippen molar-refractivity contribution >= 4 is 5.91 Å². The Kier molecular flexibility index (Phi) is 5.67. The van der Waals surface area contributed by atoms with Gasteiger partial charge in [0.2, 0.25) is 5.91 Å². The van der Waals surface area contributed by atoms with E-state index >= 15 is 0 Å². The Hall–Kier alpha value is -0.750. The molecule has 0 aromatic rings. The number of carbonyl (C=O) groups excluding carboxylic acids is 1. The third kappa shape index (κ3) is 4.63. The molecule has 0 radical (unpaired) electrons. The molecule has 6 heteroatoms. The van der Waals surface area contributed by atoms with Crippen molar-refractivity contribution in [3.8, 4) is 0 Å². The smallest absolute Gasteiger partial charge is 0.272 e. The van der Waals surface area contributed by atoms with Crippen molar-refractivity contribution < 1.29 is 13.6 Å². The second-order valence-electron chi connectivity index (χ2n) is 8.02. The Morgan fingerprint density at radius 1 is 1.13 bits per heavy atom. The van der Waals surface area contributed by atoms with Crippen molar-refractivity contribution in [3.05, 3.63) is 0 Å². The Morgan fingerprint density at radius 3 is 2.13 bits per heavy atom. The molecule has 2 heterocycles. The standard InChI is InChI=1S/C17H31F2N3O/c1-13(2)9-20-15(23)16(10-21-11-17(18,19)12-21)5-7-22(8-6-16)14(3)4/h13-14H,5-12H2,1-4H3,(H,20,23). The van der Waals surface area contributed by atoms with Crippen LogP contribution in [-0.4, -0.2) is 66.9 Å². The van der Waals surface area contributed by atoms with Crippen LogP contribution >= 0.6 is 0 Å². The summed E-state index contributed by atoms with van der Waals surface area (Å²) in [6.45, 7) is 10.8. The predicted molar refractivity (Wildman–Crippen MR) is 87.6 cm³/mol. The van der Waals surface area contributed by atoms with E-state index in [9.17, 15) is 13.6 Å². The highest BCUT2D eigenvalue weighted by Gasteiger charge is 2.50. The summed E-state index contributed by atoms with van der Waals surface area (Å²) in [5.74, 6) is -2.14. The third-order valence-electron chi connectivity index (χ3n) is 5.07. The number of nitrogens with zero attached hydrogens (tertiary/aromatic N) is 2. The molecule has 1 N–H and O–H groups in total. The van der Waals surface area contributed by atoms with Gasteiger partial charge in [-0.2, -0.15) is 0 Å². The Morgan fingerprint density at radius 2 is 1.70 bits per heavy atom. The minimum Gasteiger partial charge on any atom is -0.355 e. The van der Waals surface area contributed by atoms with Crippen LogP contribution in [0.4, 0.5) is 8.78 Å². The van der Waals surface area contributed by atoms with Crippen LogP contribution in [0.5, 0.6) is 0 Å². The normalized spacial score (nSPS) is 24.7. The summed E-state index contributed by atoms with van der Waals surface area (Å²) in [5.41, 5.74) is -0.517. The summed E-state index contributed by atoms with van der Waals surface area (Å²) in [6.07, 6.45) is 1.49. The number of halogens is 2. The van der Waals surface area contributed by atoms with E-state index in [1.54, 1.807) is 4.90 Å². The van der Waals surface area contributed by atoms with E-state index in [1.807, 2.05) is 0 Å². The number of hydrogen-bond acceptors (Lipinski definition) is 3. The summed E-state index contributed by atoms with van der Waals surface area (Å²) < 4.78 is 26.3. The maximum absolute atomic E-state index is 13.1. The van der Waals surface area contributed by atoms with Gasteiger partial charge in [0.1, 0.15) is 0 Å². The van der Waals surface area contributed by atoms with Gasteiger partial charge < -0.3 is 10.2 Å². The van der Waals surface area contributed by atoms with Crippen molar-refractivity contribution in [3.63, 3.8) is 0 Å². The molecule has 23 heavy (non-hydrogen) atoms. The van der Waals surface area contributed by atoms with Gasteiger partial charge in [0.25, 0.3) is 5.92 Å². The van der Waals surface area contributed by atoms with Gasteiger partial charge in [-0.15, -0.1) is 0 Å². The van der Waals surface area contributed by atoms with Gasteiger partial charge in [-0.1, -0.05) is 13.8 Å². The van der Waals surface area contributed by atoms with Gasteiger partial charge in [0, 0.05) is 19.1 Å². The first-order valence-electron chi connectivity index (χ1n) is 8.76. The van der Waals surface area contributed by atoms with Crippen LogP contribution in [0.25, 0.3) is 0 Å². The fraction of sp³-hybridized carbons (Fsp3) is 0.941. The number of nitrogens with one attached hydrogen (secondary N) is 1. The number of rotatable bonds is 6. The molecule has 134 valence electrons. The van der Waals surface area contributed by atoms with E-state index in [0.717, 1.165) is 25.9 Å². The molecule has 2 aliphatic heterocycles. The van der Waals surface area contributed by atoms with Crippen molar-refractivity contribution in [1.29, 1.82) is 0 Å². The number of alkyl halides is 2. The summed E-state index contributed by atoms with van der Waals surface area (Å²) in [6, 6.07) is 0.458. The molecular weight excluding hydrogens is 300 g/mol. The molecule has 2 rings (SSSR count). The molecule has 1 amide bonds. The topological polar surface area (TPSA) is 35.6 Å². The van der Waals surface area contributed by atoms with E-state index in [-0.39, 0.29) is 19.0 Å². The lowest BCUT2D eigenvalue weighted by Gasteiger charge is -2.48. The number of likely N-dealkylation sites (tertiary alicyclic amines) is 2. The molecule has 0 aliphatic carbocycles. The minimum atomic E-state index is -2.58. The van der Waals surface area contributed by atoms with Crippen molar-refractivity contribution in [2.45, 2.75) is 52.5 Å². The molecule has 4 nitrogen and oxygen atoms in total. The largest absolute Gasteiger partial charge is 0.355 e. The Labute approximate surface area is 138 Å². The summed E-state index contributed by atoms with van der Waals surface area (Å²) in [7, 11) is 0. The minimum absolute atomic E-state index is 0.0461. The second-order valence-corrected chi connectivity index (χ2v) is 8.02. The first-order chi connectivity index (χ1) is 10.6. The van der Waals surface area contributed by atoms with Crippen LogP contribution in [0.2, 0.25) is 0 Å². The van der Waals surface area contributed by atoms with Gasteiger partial charge in [-0.3, -0.25) is 9.69 Å². The van der Waals surface area contributed by atoms with Crippen molar-refractivity contribution in [1.82, 2.24) is 15.1 Å². The molecular formula is C17H31F2N3O. The zero-order valence-electron chi connectivity index (χ0n) is 14.9. The molecule has 0 atom stereocenters. The molecule has 0 unspecified atom stereocenters. The van der Waals surface area contributed by atoms with Gasteiger partial charge in [-0.05, 0) is 45.7 Å². The van der Waals surface area contributed by atoms with E-state index in [2.05, 4.69) is 37.9 Å². The zero-order chi connectivity index (χ0) is 17.3. The van der Waals surface area contributed by atoms with Crippen molar-refractivity contribution in [2.75, 3.05) is 39.3 Å². The predicted octanol–water partition coefficient (Wildman–Crippen LogP) is 2.20. The highest BCUT2D eigenvalue weighted by atomic mass is 19.3. The maximum Gasteiger partial charge on any atom is 0.272 e. The van der Waals surface area contributed by atoms with Crippen LogP contribution in [-0.2, 0) is 4.79 Å². The van der Waals surface area contributed by atoms with Crippen LogP contribution < -0.4 is 5.32 Å². The Bertz CT molecular complexity index is 410. The van der Waals surface area contributed by atoms with Crippen LogP contribution in [0.3, 0.4) is 0 Å². The van der Waals surface area contributed by atoms with Crippen LogP contribution in [0, 0.1) is 11.3 Å². The van der Waals surface area contributed by atoms with Gasteiger partial charge >= 0.3 is 0 Å². The fourth-order valence-electron chi connectivity index (χ4n) is 3.56. The SMILES string of the molecule is CC(C)CNC(=O)C1(CN2CC(F)(F)C2)CCN(C(C)C)CC1. The van der Waals surface area contributed by atoms with Crippen LogP contribution in [0.15, 0.2) is 0 Å². The first-order valence-corrected chi connectivity index (χ1v) is 8.76. The maximum atomic E-state index is 13.1. The zero-order valence-corrected chi connectivity index (χ0v) is 14.9. The van der Waals surface area contributed by atoms with E-state index in [1.165, 1.54) is 0 Å². The van der Waals surface area contributed by atoms with E-state index in [4.69, 9.17) is 0 Å². The molecule has 2 aliphatic rings. The summed E-state index contributed by atoms with van der Waals surface area (Å²) in [4.78, 5) is 16.9. The van der Waals surface area contributed by atoms with Gasteiger partial charge in [0.15, 0.2) is 0 Å². The van der Waals surface area contributed by atoms with Gasteiger partial charge in [0.05, 0.1) is 18.5 Å². The van der Waals surface area contributed by atoms with E-state index in [0.29, 0.717) is 25.0 Å². The molecule has 0 aromatic carbocycles. The average Bonchev–Trinajstić information content (AvgIpc) is 2.43. The molecule has 0 bridgehead atoms. The lowest BCUT2D eigenvalue weighted by molar-refractivity contribution is -0.157. The highest BCUT2D eigenvalue weighted by molar-refractivity contribution is 5.83. The molecule has 2 fully saturated rings. The lowest BCUT2D eigenvalue weighted by atomic mass is 9.76. The van der Waals surface area contributed by atoms with Crippen molar-refractivity contribution in [2.24, 2.45) is 11.3 Å². The summed E-state index contributed by atoms with van der Waals surface area (Å²) >= 11 is 0. The number of amides is 1. The quantitative estimate of drug-likeness (QED) is 0.810. The third-order valence-corrected chi connectivity index (χ3v) is 5.07. The number of piperidine rings is 1. The Balaban J connectivity index is 2.01. The molecule has 2 saturated heterocycles.